The summed E-state index contributed by atoms with van der Waals surface area (Å²) in [7, 11) is 0. The van der Waals surface area contributed by atoms with Crippen LogP contribution in [-0.4, -0.2) is 68.0 Å². The van der Waals surface area contributed by atoms with Gasteiger partial charge in [-0.15, -0.1) is 0 Å². The molecule has 1 aromatic rings. The van der Waals surface area contributed by atoms with Crippen LogP contribution >= 0.6 is 0 Å². The molecule has 9 nitrogen and oxygen atoms in total. The molecule has 1 aromatic heterocycles. The molecule has 0 spiro atoms. The molecule has 0 radical (unpaired) electrons. The lowest BCUT2D eigenvalue weighted by Gasteiger charge is -2.35. The Balaban J connectivity index is 1.86. The number of H-pyrrole nitrogens is 1. The minimum absolute atomic E-state index is 0.00368. The number of carbonyl (C=O) groups excluding carboxylic acids is 2. The maximum absolute atomic E-state index is 13.4. The molecule has 2 amide bonds. The van der Waals surface area contributed by atoms with Crippen LogP contribution in [0.15, 0.2) is 4.79 Å². The molecule has 2 aliphatic heterocycles. The number of rotatable bonds is 1. The first-order valence-electron chi connectivity index (χ1n) is 8.22. The smallest absolute Gasteiger partial charge is 0.410 e. The summed E-state index contributed by atoms with van der Waals surface area (Å²) >= 11 is 0. The molecule has 1 saturated heterocycles. The van der Waals surface area contributed by atoms with Gasteiger partial charge in [0.1, 0.15) is 17.8 Å². The average molecular weight is 355 g/mol. The van der Waals surface area contributed by atoms with Gasteiger partial charge in [-0.25, -0.2) is 19.1 Å². The van der Waals surface area contributed by atoms with Crippen LogP contribution in [0.3, 0.4) is 0 Å². The predicted molar refractivity (Wildman–Crippen MR) is 84.6 cm³/mol. The van der Waals surface area contributed by atoms with E-state index < -0.39 is 35.5 Å². The molecule has 10 heteroatoms. The highest BCUT2D eigenvalue weighted by Gasteiger charge is 2.40. The van der Waals surface area contributed by atoms with Crippen molar-refractivity contribution in [3.8, 4) is 0 Å². The van der Waals surface area contributed by atoms with Gasteiger partial charge in [0.05, 0.1) is 19.6 Å². The number of aromatic amines is 1. The SMILES string of the molecule is CC(C)(C)OC(=O)N1Cc2n[nH]c(=O)n2C(C(=O)N2CCC(F)C2)C1. The van der Waals surface area contributed by atoms with E-state index in [-0.39, 0.29) is 31.9 Å². The number of likely N-dealkylation sites (tertiary alicyclic amines) is 1. The first-order valence-corrected chi connectivity index (χ1v) is 8.22. The van der Waals surface area contributed by atoms with Crippen molar-refractivity contribution >= 4 is 12.0 Å². The number of halogens is 1. The molecule has 1 N–H and O–H groups in total. The molecule has 2 atom stereocenters. The minimum Gasteiger partial charge on any atom is -0.444 e. The van der Waals surface area contributed by atoms with E-state index in [4.69, 9.17) is 4.74 Å². The van der Waals surface area contributed by atoms with Crippen LogP contribution in [0.1, 0.15) is 39.1 Å². The van der Waals surface area contributed by atoms with Crippen molar-refractivity contribution in [3.05, 3.63) is 16.3 Å². The van der Waals surface area contributed by atoms with Crippen molar-refractivity contribution < 1.29 is 18.7 Å². The number of fused-ring (bicyclic) bond motifs is 1. The predicted octanol–water partition coefficient (Wildman–Crippen LogP) is 0.434. The molecule has 0 aromatic carbocycles. The number of amides is 2. The van der Waals surface area contributed by atoms with Crippen molar-refractivity contribution in [1.82, 2.24) is 24.6 Å². The summed E-state index contributed by atoms with van der Waals surface area (Å²) in [5.74, 6) is -0.116. The van der Waals surface area contributed by atoms with E-state index in [1.54, 1.807) is 20.8 Å². The summed E-state index contributed by atoms with van der Waals surface area (Å²) in [4.78, 5) is 39.9. The molecule has 138 valence electrons. The Morgan fingerprint density at radius 2 is 2.00 bits per heavy atom. The van der Waals surface area contributed by atoms with Crippen LogP contribution in [0.25, 0.3) is 0 Å². The maximum Gasteiger partial charge on any atom is 0.410 e. The summed E-state index contributed by atoms with van der Waals surface area (Å²) in [6.45, 7) is 5.57. The highest BCUT2D eigenvalue weighted by Crippen LogP contribution is 2.24. The zero-order valence-electron chi connectivity index (χ0n) is 14.5. The third-order valence-corrected chi connectivity index (χ3v) is 4.19. The Kier molecular flexibility index (Phi) is 4.29. The maximum atomic E-state index is 13.4. The highest BCUT2D eigenvalue weighted by molar-refractivity contribution is 5.82. The zero-order valence-corrected chi connectivity index (χ0v) is 14.5. The van der Waals surface area contributed by atoms with Gasteiger partial charge >= 0.3 is 11.8 Å². The van der Waals surface area contributed by atoms with E-state index in [9.17, 15) is 18.8 Å². The van der Waals surface area contributed by atoms with Crippen LogP contribution in [0, 0.1) is 0 Å². The topological polar surface area (TPSA) is 101 Å². The minimum atomic E-state index is -1.06. The molecule has 25 heavy (non-hydrogen) atoms. The first-order chi connectivity index (χ1) is 11.7. The Morgan fingerprint density at radius 1 is 1.28 bits per heavy atom. The third kappa shape index (κ3) is 3.52. The van der Waals surface area contributed by atoms with Gasteiger partial charge in [-0.3, -0.25) is 14.3 Å². The molecule has 0 bridgehead atoms. The van der Waals surface area contributed by atoms with Gasteiger partial charge in [0.25, 0.3) is 0 Å². The number of nitrogens with one attached hydrogen (secondary N) is 1. The van der Waals surface area contributed by atoms with Crippen LogP contribution in [0.5, 0.6) is 0 Å². The summed E-state index contributed by atoms with van der Waals surface area (Å²) in [6.07, 6.45) is -1.37. The number of hydrogen-bond donors (Lipinski definition) is 1. The fourth-order valence-corrected chi connectivity index (χ4v) is 3.08. The van der Waals surface area contributed by atoms with E-state index >= 15 is 0 Å². The van der Waals surface area contributed by atoms with Gasteiger partial charge in [-0.1, -0.05) is 0 Å². The quantitative estimate of drug-likeness (QED) is 0.787. The second-order valence-corrected chi connectivity index (χ2v) is 7.36. The Bertz CT molecular complexity index is 737. The van der Waals surface area contributed by atoms with Gasteiger partial charge in [-0.05, 0) is 27.2 Å². The molecular formula is C15H22FN5O4. The molecular weight excluding hydrogens is 333 g/mol. The Hall–Kier alpha value is -2.39. The molecule has 3 rings (SSSR count). The normalized spacial score (nSPS) is 23.5. The molecule has 2 aliphatic rings. The monoisotopic (exact) mass is 355 g/mol. The molecule has 3 heterocycles. The van der Waals surface area contributed by atoms with Crippen molar-refractivity contribution in [2.24, 2.45) is 0 Å². The highest BCUT2D eigenvalue weighted by atomic mass is 19.1. The fraction of sp³-hybridized carbons (Fsp3) is 0.733. The van der Waals surface area contributed by atoms with Gasteiger partial charge in [-0.2, -0.15) is 5.10 Å². The largest absolute Gasteiger partial charge is 0.444 e. The summed E-state index contributed by atoms with van der Waals surface area (Å²) in [5.41, 5.74) is -1.21. The van der Waals surface area contributed by atoms with Gasteiger partial charge < -0.3 is 9.64 Å². The number of alkyl halides is 1. The van der Waals surface area contributed by atoms with Crippen molar-refractivity contribution in [1.29, 1.82) is 0 Å². The molecule has 0 aliphatic carbocycles. The second-order valence-electron chi connectivity index (χ2n) is 7.36. The molecule has 2 unspecified atom stereocenters. The van der Waals surface area contributed by atoms with E-state index in [2.05, 4.69) is 10.2 Å². The Morgan fingerprint density at radius 3 is 2.60 bits per heavy atom. The summed E-state index contributed by atoms with van der Waals surface area (Å²) < 4.78 is 20.0. The van der Waals surface area contributed by atoms with Crippen LogP contribution < -0.4 is 5.69 Å². The number of nitrogens with zero attached hydrogens (tertiary/aromatic N) is 4. The lowest BCUT2D eigenvalue weighted by molar-refractivity contribution is -0.135. The number of hydrogen-bond acceptors (Lipinski definition) is 5. The van der Waals surface area contributed by atoms with E-state index in [1.807, 2.05) is 0 Å². The Labute approximate surface area is 143 Å². The molecule has 0 saturated carbocycles. The summed E-state index contributed by atoms with van der Waals surface area (Å²) in [5, 5.41) is 6.20. The molecule has 1 fully saturated rings. The van der Waals surface area contributed by atoms with Crippen molar-refractivity contribution in [2.45, 2.75) is 51.6 Å². The van der Waals surface area contributed by atoms with Gasteiger partial charge in [0.15, 0.2) is 5.82 Å². The van der Waals surface area contributed by atoms with Crippen LogP contribution in [-0.2, 0) is 16.1 Å². The number of ether oxygens (including phenoxy) is 1. The van der Waals surface area contributed by atoms with Crippen molar-refractivity contribution in [2.75, 3.05) is 19.6 Å². The second kappa shape index (κ2) is 6.16. The standard InChI is InChI=1S/C15H22FN5O4/c1-15(2,3)25-14(24)20-7-10(12(22)19-5-4-9(16)6-19)21-11(8-20)17-18-13(21)23/h9-10H,4-8H2,1-3H3,(H,18,23). The van der Waals surface area contributed by atoms with Gasteiger partial charge in [0.2, 0.25) is 5.91 Å². The van der Waals surface area contributed by atoms with E-state index in [0.29, 0.717) is 6.54 Å². The first kappa shape index (κ1) is 17.4. The number of carbonyl (C=O) groups is 2. The van der Waals surface area contributed by atoms with Crippen molar-refractivity contribution in [3.63, 3.8) is 0 Å². The van der Waals surface area contributed by atoms with E-state index in [0.717, 1.165) is 0 Å². The fourth-order valence-electron chi connectivity index (χ4n) is 3.08. The number of aromatic nitrogens is 3. The lowest BCUT2D eigenvalue weighted by Crippen LogP contribution is -2.50. The van der Waals surface area contributed by atoms with Crippen LogP contribution in [0.2, 0.25) is 0 Å². The average Bonchev–Trinajstić information content (AvgIpc) is 3.10. The summed E-state index contributed by atoms with van der Waals surface area (Å²) in [6, 6.07) is -0.937. The van der Waals surface area contributed by atoms with E-state index in [1.165, 1.54) is 14.4 Å². The van der Waals surface area contributed by atoms with Gasteiger partial charge in [0, 0.05) is 6.54 Å². The lowest BCUT2D eigenvalue weighted by atomic mass is 10.1. The third-order valence-electron chi connectivity index (χ3n) is 4.19. The zero-order chi connectivity index (χ0) is 18.4. The van der Waals surface area contributed by atoms with Crippen LogP contribution in [0.4, 0.5) is 9.18 Å².